The third-order valence-electron chi connectivity index (χ3n) is 4.14. The minimum atomic E-state index is -0.222. The molecule has 1 nitrogen and oxygen atoms in total. The average molecular weight is 370 g/mol. The molecular formula is C22H21Cl2N. The van der Waals surface area contributed by atoms with Crippen LogP contribution < -0.4 is 0 Å². The van der Waals surface area contributed by atoms with Crippen LogP contribution in [0.1, 0.15) is 18.1 Å². The number of alkyl halides is 2. The lowest BCUT2D eigenvalue weighted by atomic mass is 10.1. The molecule has 0 N–H and O–H groups in total. The second-order valence-electron chi connectivity index (χ2n) is 6.12. The molecule has 4 aromatic rings. The lowest BCUT2D eigenvalue weighted by Gasteiger charge is -2.08. The van der Waals surface area contributed by atoms with E-state index in [1.165, 1.54) is 32.9 Å². The van der Waals surface area contributed by atoms with Gasteiger partial charge in [-0.2, -0.15) is 0 Å². The van der Waals surface area contributed by atoms with E-state index < -0.39 is 0 Å². The Labute approximate surface area is 158 Å². The van der Waals surface area contributed by atoms with Crippen molar-refractivity contribution in [3.8, 4) is 0 Å². The topological polar surface area (TPSA) is 4.93 Å². The highest BCUT2D eigenvalue weighted by molar-refractivity contribution is 6.43. The third-order valence-corrected chi connectivity index (χ3v) is 4.14. The zero-order valence-corrected chi connectivity index (χ0v) is 15.9. The van der Waals surface area contributed by atoms with Crippen molar-refractivity contribution in [1.82, 2.24) is 4.57 Å². The Morgan fingerprint density at radius 2 is 1.20 bits per heavy atom. The molecule has 1 heterocycles. The van der Waals surface area contributed by atoms with E-state index in [-0.39, 0.29) is 4.84 Å². The van der Waals surface area contributed by atoms with E-state index >= 15 is 0 Å². The average Bonchev–Trinajstić information content (AvgIpc) is 2.91. The Morgan fingerprint density at radius 1 is 0.760 bits per heavy atom. The van der Waals surface area contributed by atoms with E-state index in [4.69, 9.17) is 23.2 Å². The maximum Gasteiger partial charge on any atom is 0.105 e. The number of nitrogens with zero attached hydrogens (tertiary/aromatic N) is 1. The fourth-order valence-corrected chi connectivity index (χ4v) is 3.05. The first-order chi connectivity index (χ1) is 12.1. The lowest BCUT2D eigenvalue weighted by molar-refractivity contribution is 0.868. The summed E-state index contributed by atoms with van der Waals surface area (Å²) in [5.74, 6) is 0. The Balaban J connectivity index is 0.000000415. The van der Waals surface area contributed by atoms with Crippen molar-refractivity contribution in [3.63, 3.8) is 0 Å². The van der Waals surface area contributed by atoms with Gasteiger partial charge in [0.2, 0.25) is 0 Å². The van der Waals surface area contributed by atoms with Crippen LogP contribution in [0.25, 0.3) is 21.8 Å². The minimum Gasteiger partial charge on any atom is -0.336 e. The molecule has 0 saturated carbocycles. The number of aromatic nitrogens is 1. The van der Waals surface area contributed by atoms with Crippen LogP contribution in [0.5, 0.6) is 0 Å². The van der Waals surface area contributed by atoms with Gasteiger partial charge in [-0.15, -0.1) is 23.2 Å². The van der Waals surface area contributed by atoms with Crippen LogP contribution in [-0.2, 0) is 6.54 Å². The molecule has 0 aliphatic rings. The molecule has 0 atom stereocenters. The van der Waals surface area contributed by atoms with E-state index in [1.807, 2.05) is 0 Å². The molecule has 25 heavy (non-hydrogen) atoms. The van der Waals surface area contributed by atoms with Gasteiger partial charge in [0.15, 0.2) is 0 Å². The van der Waals surface area contributed by atoms with E-state index in [0.717, 1.165) is 6.54 Å². The Kier molecular flexibility index (Phi) is 5.67. The molecule has 0 bridgehead atoms. The van der Waals surface area contributed by atoms with Crippen LogP contribution >= 0.6 is 23.2 Å². The molecule has 0 unspecified atom stereocenters. The molecule has 0 aliphatic heterocycles. The maximum absolute atomic E-state index is 5.04. The fraction of sp³-hybridized carbons (Fsp3) is 0.182. The smallest absolute Gasteiger partial charge is 0.105 e. The van der Waals surface area contributed by atoms with Gasteiger partial charge < -0.3 is 4.57 Å². The van der Waals surface area contributed by atoms with Crippen LogP contribution in [0.3, 0.4) is 0 Å². The number of aryl methyl sites for hydroxylation is 1. The minimum absolute atomic E-state index is 0.222. The lowest BCUT2D eigenvalue weighted by Crippen LogP contribution is -1.99. The Bertz CT molecular complexity index is 912. The summed E-state index contributed by atoms with van der Waals surface area (Å²) in [6.07, 6.45) is 0. The summed E-state index contributed by atoms with van der Waals surface area (Å²) >= 11 is 10.1. The van der Waals surface area contributed by atoms with Gasteiger partial charge in [0.05, 0.1) is 0 Å². The molecule has 0 aliphatic carbocycles. The van der Waals surface area contributed by atoms with Crippen LogP contribution in [-0.4, -0.2) is 9.40 Å². The van der Waals surface area contributed by atoms with Gasteiger partial charge in [0, 0.05) is 28.4 Å². The van der Waals surface area contributed by atoms with Gasteiger partial charge >= 0.3 is 0 Å². The number of halogens is 2. The van der Waals surface area contributed by atoms with Crippen molar-refractivity contribution < 1.29 is 0 Å². The molecule has 4 rings (SSSR count). The number of fused-ring (bicyclic) bond motifs is 3. The summed E-state index contributed by atoms with van der Waals surface area (Å²) in [4.78, 5) is -0.222. The first kappa shape index (κ1) is 17.8. The molecule has 3 aromatic carbocycles. The van der Waals surface area contributed by atoms with Crippen LogP contribution in [0.4, 0.5) is 0 Å². The molecule has 128 valence electrons. The van der Waals surface area contributed by atoms with Gasteiger partial charge in [0.25, 0.3) is 0 Å². The van der Waals surface area contributed by atoms with Crippen molar-refractivity contribution in [2.24, 2.45) is 0 Å². The van der Waals surface area contributed by atoms with Crippen molar-refractivity contribution >= 4 is 45.0 Å². The van der Waals surface area contributed by atoms with Crippen molar-refractivity contribution in [2.45, 2.75) is 25.2 Å². The van der Waals surface area contributed by atoms with Crippen molar-refractivity contribution in [1.29, 1.82) is 0 Å². The predicted octanol–water partition coefficient (Wildman–Crippen LogP) is 6.96. The van der Waals surface area contributed by atoms with Gasteiger partial charge in [-0.3, -0.25) is 0 Å². The highest BCUT2D eigenvalue weighted by Crippen LogP contribution is 2.29. The first-order valence-electron chi connectivity index (χ1n) is 8.36. The molecule has 0 saturated heterocycles. The molecular weight excluding hydrogens is 349 g/mol. The molecule has 0 amide bonds. The van der Waals surface area contributed by atoms with E-state index in [0.29, 0.717) is 0 Å². The summed E-state index contributed by atoms with van der Waals surface area (Å²) in [6.45, 7) is 4.74. The van der Waals surface area contributed by atoms with Crippen LogP contribution in [0.15, 0.2) is 72.8 Å². The van der Waals surface area contributed by atoms with Gasteiger partial charge in [-0.1, -0.05) is 66.2 Å². The van der Waals surface area contributed by atoms with Crippen molar-refractivity contribution in [3.05, 3.63) is 83.9 Å². The molecule has 0 radical (unpaired) electrons. The fourth-order valence-electron chi connectivity index (χ4n) is 3.05. The highest BCUT2D eigenvalue weighted by Gasteiger charge is 2.09. The quantitative estimate of drug-likeness (QED) is 0.336. The number of rotatable bonds is 2. The van der Waals surface area contributed by atoms with Gasteiger partial charge in [-0.25, -0.2) is 0 Å². The number of hydrogen-bond acceptors (Lipinski definition) is 0. The van der Waals surface area contributed by atoms with Crippen LogP contribution in [0, 0.1) is 6.92 Å². The summed E-state index contributed by atoms with van der Waals surface area (Å²) in [5.41, 5.74) is 5.26. The van der Waals surface area contributed by atoms with Crippen molar-refractivity contribution in [2.75, 3.05) is 0 Å². The SMILES string of the molecule is CC(Cl)Cl.Cc1ccc(Cn2c3ccccc3c3ccccc32)cc1. The predicted molar refractivity (Wildman–Crippen MR) is 111 cm³/mol. The van der Waals surface area contributed by atoms with Crippen LogP contribution in [0.2, 0.25) is 0 Å². The van der Waals surface area contributed by atoms with E-state index in [2.05, 4.69) is 84.3 Å². The summed E-state index contributed by atoms with van der Waals surface area (Å²) < 4.78 is 2.41. The number of para-hydroxylation sites is 2. The second kappa shape index (κ2) is 7.95. The number of hydrogen-bond donors (Lipinski definition) is 0. The van der Waals surface area contributed by atoms with E-state index in [1.54, 1.807) is 6.92 Å². The third kappa shape index (κ3) is 4.18. The van der Waals surface area contributed by atoms with E-state index in [9.17, 15) is 0 Å². The monoisotopic (exact) mass is 369 g/mol. The molecule has 0 spiro atoms. The second-order valence-corrected chi connectivity index (χ2v) is 7.66. The maximum atomic E-state index is 5.04. The number of benzene rings is 3. The molecule has 0 fully saturated rings. The first-order valence-corrected chi connectivity index (χ1v) is 9.23. The molecule has 3 heteroatoms. The summed E-state index contributed by atoms with van der Waals surface area (Å²) in [7, 11) is 0. The Hall–Kier alpha value is -1.96. The summed E-state index contributed by atoms with van der Waals surface area (Å²) in [5, 5.41) is 2.67. The zero-order valence-electron chi connectivity index (χ0n) is 14.4. The standard InChI is InChI=1S/C20H17N.C2H4Cl2/c1-15-10-12-16(13-11-15)14-21-19-8-4-2-6-17(19)18-7-3-5-9-20(18)21;1-2(3)4/h2-13H,14H2,1H3;2H,1H3. The Morgan fingerprint density at radius 3 is 1.68 bits per heavy atom. The summed E-state index contributed by atoms with van der Waals surface area (Å²) in [6, 6.07) is 26.1. The largest absolute Gasteiger partial charge is 0.336 e. The van der Waals surface area contributed by atoms with Gasteiger partial charge in [0.1, 0.15) is 4.84 Å². The normalized spacial score (nSPS) is 10.9. The van der Waals surface area contributed by atoms with Gasteiger partial charge in [-0.05, 0) is 31.5 Å². The molecule has 1 aromatic heterocycles. The zero-order chi connectivity index (χ0) is 17.8. The highest BCUT2D eigenvalue weighted by atomic mass is 35.5.